The lowest BCUT2D eigenvalue weighted by molar-refractivity contribution is 0.379. The van der Waals surface area contributed by atoms with Gasteiger partial charge in [-0.1, -0.05) is 13.8 Å². The van der Waals surface area contributed by atoms with Crippen LogP contribution in [0.1, 0.15) is 39.5 Å². The van der Waals surface area contributed by atoms with Crippen LogP contribution in [0, 0.1) is 0 Å². The lowest BCUT2D eigenvalue weighted by Gasteiger charge is -2.22. The SMILES string of the molecule is CCNCCCS(=O)(=O)N1CCCC1CC. The van der Waals surface area contributed by atoms with Gasteiger partial charge in [0.25, 0.3) is 0 Å². The van der Waals surface area contributed by atoms with Gasteiger partial charge in [-0.05, 0) is 38.8 Å². The van der Waals surface area contributed by atoms with E-state index in [-0.39, 0.29) is 11.8 Å². The van der Waals surface area contributed by atoms with Crippen molar-refractivity contribution in [2.24, 2.45) is 0 Å². The molecule has 1 unspecified atom stereocenters. The summed E-state index contributed by atoms with van der Waals surface area (Å²) in [6.45, 7) is 6.52. The van der Waals surface area contributed by atoms with E-state index < -0.39 is 10.0 Å². The van der Waals surface area contributed by atoms with Gasteiger partial charge in [0.2, 0.25) is 10.0 Å². The molecule has 1 aliphatic rings. The number of nitrogens with zero attached hydrogens (tertiary/aromatic N) is 1. The van der Waals surface area contributed by atoms with E-state index >= 15 is 0 Å². The van der Waals surface area contributed by atoms with Gasteiger partial charge in [-0.3, -0.25) is 0 Å². The maximum atomic E-state index is 12.1. The lowest BCUT2D eigenvalue weighted by atomic mass is 10.2. The van der Waals surface area contributed by atoms with Gasteiger partial charge >= 0.3 is 0 Å². The van der Waals surface area contributed by atoms with Crippen LogP contribution in [0.5, 0.6) is 0 Å². The first-order valence-electron chi connectivity index (χ1n) is 6.32. The molecule has 4 nitrogen and oxygen atoms in total. The monoisotopic (exact) mass is 248 g/mol. The average Bonchev–Trinajstić information content (AvgIpc) is 2.73. The minimum Gasteiger partial charge on any atom is -0.317 e. The molecule has 1 atom stereocenters. The summed E-state index contributed by atoms with van der Waals surface area (Å²) in [5.74, 6) is 0.288. The van der Waals surface area contributed by atoms with Crippen LogP contribution in [0.25, 0.3) is 0 Å². The third-order valence-corrected chi connectivity index (χ3v) is 5.16. The van der Waals surface area contributed by atoms with Crippen molar-refractivity contribution >= 4 is 10.0 Å². The van der Waals surface area contributed by atoms with Gasteiger partial charge in [-0.25, -0.2) is 8.42 Å². The van der Waals surface area contributed by atoms with E-state index in [1.807, 2.05) is 6.92 Å². The molecule has 1 rings (SSSR count). The Morgan fingerprint density at radius 1 is 1.38 bits per heavy atom. The van der Waals surface area contributed by atoms with Crippen molar-refractivity contribution < 1.29 is 8.42 Å². The smallest absolute Gasteiger partial charge is 0.214 e. The maximum absolute atomic E-state index is 12.1. The van der Waals surface area contributed by atoms with Crippen LogP contribution >= 0.6 is 0 Å². The standard InChI is InChI=1S/C11H24N2O2S/c1-3-11-7-5-9-13(11)16(14,15)10-6-8-12-4-2/h11-12H,3-10H2,1-2H3. The quantitative estimate of drug-likeness (QED) is 0.689. The van der Waals surface area contributed by atoms with Crippen molar-refractivity contribution in [3.8, 4) is 0 Å². The average molecular weight is 248 g/mol. The molecule has 96 valence electrons. The van der Waals surface area contributed by atoms with E-state index in [1.54, 1.807) is 4.31 Å². The van der Waals surface area contributed by atoms with Crippen LogP contribution in [0.3, 0.4) is 0 Å². The van der Waals surface area contributed by atoms with Gasteiger partial charge in [0, 0.05) is 12.6 Å². The third-order valence-electron chi connectivity index (χ3n) is 3.16. The Morgan fingerprint density at radius 3 is 2.75 bits per heavy atom. The van der Waals surface area contributed by atoms with Crippen LogP contribution in [-0.2, 0) is 10.0 Å². The molecule has 1 aliphatic heterocycles. The zero-order valence-corrected chi connectivity index (χ0v) is 11.2. The highest BCUT2D eigenvalue weighted by atomic mass is 32.2. The Bertz CT molecular complexity index is 290. The molecule has 0 bridgehead atoms. The summed E-state index contributed by atoms with van der Waals surface area (Å²) >= 11 is 0. The summed E-state index contributed by atoms with van der Waals surface area (Å²) < 4.78 is 25.8. The van der Waals surface area contributed by atoms with E-state index in [1.165, 1.54) is 0 Å². The second-order valence-electron chi connectivity index (χ2n) is 4.34. The lowest BCUT2D eigenvalue weighted by Crippen LogP contribution is -2.37. The van der Waals surface area contributed by atoms with E-state index in [4.69, 9.17) is 0 Å². The number of rotatable bonds is 7. The van der Waals surface area contributed by atoms with Crippen molar-refractivity contribution in [1.29, 1.82) is 0 Å². The van der Waals surface area contributed by atoms with E-state index in [0.717, 1.165) is 38.9 Å². The molecule has 0 amide bonds. The molecular weight excluding hydrogens is 224 g/mol. The normalized spacial score (nSPS) is 22.8. The molecule has 0 aromatic heterocycles. The van der Waals surface area contributed by atoms with Crippen LogP contribution in [0.4, 0.5) is 0 Å². The van der Waals surface area contributed by atoms with Crippen molar-refractivity contribution in [2.75, 3.05) is 25.4 Å². The second kappa shape index (κ2) is 6.57. The molecule has 0 saturated carbocycles. The van der Waals surface area contributed by atoms with Crippen molar-refractivity contribution in [3.05, 3.63) is 0 Å². The van der Waals surface area contributed by atoms with Gasteiger partial charge in [0.05, 0.1) is 5.75 Å². The first kappa shape index (κ1) is 13.9. The molecule has 1 N–H and O–H groups in total. The molecule has 5 heteroatoms. The Kier molecular flexibility index (Phi) is 5.72. The van der Waals surface area contributed by atoms with Crippen molar-refractivity contribution in [3.63, 3.8) is 0 Å². The molecular formula is C11H24N2O2S. The molecule has 0 aliphatic carbocycles. The predicted octanol–water partition coefficient (Wildman–Crippen LogP) is 1.19. The molecule has 16 heavy (non-hydrogen) atoms. The summed E-state index contributed by atoms with van der Waals surface area (Å²) in [7, 11) is -3.01. The number of hydrogen-bond acceptors (Lipinski definition) is 3. The number of hydrogen-bond donors (Lipinski definition) is 1. The second-order valence-corrected chi connectivity index (χ2v) is 6.38. The molecule has 1 fully saturated rings. The fourth-order valence-electron chi connectivity index (χ4n) is 2.26. The van der Waals surface area contributed by atoms with Gasteiger partial charge in [-0.2, -0.15) is 4.31 Å². The Morgan fingerprint density at radius 2 is 2.12 bits per heavy atom. The van der Waals surface area contributed by atoms with Crippen LogP contribution in [0.15, 0.2) is 0 Å². The first-order chi connectivity index (χ1) is 7.61. The topological polar surface area (TPSA) is 49.4 Å². The number of sulfonamides is 1. The van der Waals surface area contributed by atoms with Crippen LogP contribution < -0.4 is 5.32 Å². The fourth-order valence-corrected chi connectivity index (χ4v) is 4.12. The Hall–Kier alpha value is -0.130. The van der Waals surface area contributed by atoms with Crippen molar-refractivity contribution in [2.45, 2.75) is 45.6 Å². The summed E-state index contributed by atoms with van der Waals surface area (Å²) in [5, 5.41) is 3.15. The summed E-state index contributed by atoms with van der Waals surface area (Å²) in [6.07, 6.45) is 3.70. The highest BCUT2D eigenvalue weighted by molar-refractivity contribution is 7.89. The largest absolute Gasteiger partial charge is 0.317 e. The van der Waals surface area contributed by atoms with E-state index in [0.29, 0.717) is 6.42 Å². The van der Waals surface area contributed by atoms with Crippen LogP contribution in [0.2, 0.25) is 0 Å². The summed E-state index contributed by atoms with van der Waals surface area (Å²) in [6, 6.07) is 0.254. The summed E-state index contributed by atoms with van der Waals surface area (Å²) in [5.41, 5.74) is 0. The minimum atomic E-state index is -3.01. The Balaban J connectivity index is 2.43. The maximum Gasteiger partial charge on any atom is 0.214 e. The highest BCUT2D eigenvalue weighted by Crippen LogP contribution is 2.23. The minimum absolute atomic E-state index is 0.254. The molecule has 0 radical (unpaired) electrons. The van der Waals surface area contributed by atoms with Crippen molar-refractivity contribution in [1.82, 2.24) is 9.62 Å². The highest BCUT2D eigenvalue weighted by Gasteiger charge is 2.32. The Labute approximate surface area is 99.5 Å². The molecule has 0 spiro atoms. The van der Waals surface area contributed by atoms with E-state index in [9.17, 15) is 8.42 Å². The fraction of sp³-hybridized carbons (Fsp3) is 1.00. The zero-order valence-electron chi connectivity index (χ0n) is 10.4. The number of nitrogens with one attached hydrogen (secondary N) is 1. The van der Waals surface area contributed by atoms with Gasteiger partial charge in [-0.15, -0.1) is 0 Å². The zero-order chi connectivity index (χ0) is 12.0. The molecule has 0 aromatic rings. The van der Waals surface area contributed by atoms with Gasteiger partial charge < -0.3 is 5.32 Å². The molecule has 0 aromatic carbocycles. The van der Waals surface area contributed by atoms with Crippen LogP contribution in [-0.4, -0.2) is 44.2 Å². The van der Waals surface area contributed by atoms with Gasteiger partial charge in [0.1, 0.15) is 0 Å². The van der Waals surface area contributed by atoms with E-state index in [2.05, 4.69) is 12.2 Å². The molecule has 1 saturated heterocycles. The first-order valence-corrected chi connectivity index (χ1v) is 7.93. The predicted molar refractivity (Wildman–Crippen MR) is 67.0 cm³/mol. The van der Waals surface area contributed by atoms with Gasteiger partial charge in [0.15, 0.2) is 0 Å². The molecule has 1 heterocycles. The third kappa shape index (κ3) is 3.71. The summed E-state index contributed by atoms with van der Waals surface area (Å²) in [4.78, 5) is 0.